The van der Waals surface area contributed by atoms with Crippen LogP contribution in [0.3, 0.4) is 0 Å². The molecular weight excluding hydrogens is 262 g/mol. The third-order valence-corrected chi connectivity index (χ3v) is 3.19. The predicted molar refractivity (Wildman–Crippen MR) is 76.4 cm³/mol. The Morgan fingerprint density at radius 3 is 2.42 bits per heavy atom. The van der Waals surface area contributed by atoms with Crippen molar-refractivity contribution >= 4 is 16.8 Å². The number of rotatable bonds is 4. The minimum absolute atomic E-state index is 0.124. The number of halogens is 1. The average molecular weight is 276 g/mol. The molecule has 3 nitrogen and oxygen atoms in total. The first-order chi connectivity index (χ1) is 9.26. The Bertz CT molecular complexity index is 569. The smallest absolute Gasteiger partial charge is 0.157 e. The number of oxime groups is 1. The summed E-state index contributed by atoms with van der Waals surface area (Å²) in [6, 6.07) is 17.2. The SMILES string of the molecule is COc1cccc([C@H](/C(Cl)=N\O)c2ccccc2)c1. The summed E-state index contributed by atoms with van der Waals surface area (Å²) in [6.07, 6.45) is 0. The van der Waals surface area contributed by atoms with Crippen molar-refractivity contribution < 1.29 is 9.94 Å². The molecule has 19 heavy (non-hydrogen) atoms. The zero-order valence-corrected chi connectivity index (χ0v) is 11.2. The highest BCUT2D eigenvalue weighted by Gasteiger charge is 2.20. The Balaban J connectivity index is 2.49. The quantitative estimate of drug-likeness (QED) is 0.523. The lowest BCUT2D eigenvalue weighted by Gasteiger charge is -2.16. The standard InChI is InChI=1S/C15H14ClNO2/c1-19-13-9-5-8-12(10-13)14(15(16)17-18)11-6-3-2-4-7-11/h2-10,14,18H,1H3/b17-15+/t14-/m1/s1. The fourth-order valence-corrected chi connectivity index (χ4v) is 2.24. The van der Waals surface area contributed by atoms with Crippen LogP contribution in [-0.4, -0.2) is 17.5 Å². The monoisotopic (exact) mass is 275 g/mol. The van der Waals surface area contributed by atoms with Gasteiger partial charge < -0.3 is 9.94 Å². The van der Waals surface area contributed by atoms with E-state index in [4.69, 9.17) is 21.5 Å². The average Bonchev–Trinajstić information content (AvgIpc) is 2.48. The van der Waals surface area contributed by atoms with Crippen LogP contribution in [-0.2, 0) is 0 Å². The van der Waals surface area contributed by atoms with Gasteiger partial charge >= 0.3 is 0 Å². The van der Waals surface area contributed by atoms with E-state index in [9.17, 15) is 0 Å². The Kier molecular flexibility index (Phi) is 4.42. The third kappa shape index (κ3) is 3.06. The van der Waals surface area contributed by atoms with E-state index in [0.29, 0.717) is 0 Å². The fraction of sp³-hybridized carbons (Fsp3) is 0.133. The second-order valence-electron chi connectivity index (χ2n) is 4.04. The Morgan fingerprint density at radius 2 is 1.79 bits per heavy atom. The zero-order chi connectivity index (χ0) is 13.7. The van der Waals surface area contributed by atoms with Gasteiger partial charge in [0, 0.05) is 0 Å². The van der Waals surface area contributed by atoms with Crippen molar-refractivity contribution in [2.75, 3.05) is 7.11 Å². The summed E-state index contributed by atoms with van der Waals surface area (Å²) in [5.41, 5.74) is 1.87. The van der Waals surface area contributed by atoms with Crippen LogP contribution in [0.1, 0.15) is 17.0 Å². The number of methoxy groups -OCH3 is 1. The molecule has 1 N–H and O–H groups in total. The maximum atomic E-state index is 8.98. The first kappa shape index (κ1) is 13.4. The second-order valence-corrected chi connectivity index (χ2v) is 4.43. The Hall–Kier alpha value is -2.00. The van der Waals surface area contributed by atoms with Gasteiger partial charge in [0.1, 0.15) is 5.75 Å². The van der Waals surface area contributed by atoms with Gasteiger partial charge in [0.15, 0.2) is 5.17 Å². The van der Waals surface area contributed by atoms with Gasteiger partial charge in [0.05, 0.1) is 13.0 Å². The summed E-state index contributed by atoms with van der Waals surface area (Å²) in [6.45, 7) is 0. The van der Waals surface area contributed by atoms with Crippen molar-refractivity contribution in [3.05, 3.63) is 65.7 Å². The molecule has 0 radical (unpaired) electrons. The van der Waals surface area contributed by atoms with Crippen LogP contribution >= 0.6 is 11.6 Å². The number of hydrogen-bond acceptors (Lipinski definition) is 3. The Labute approximate surface area is 117 Å². The molecule has 0 spiro atoms. The molecule has 0 saturated heterocycles. The van der Waals surface area contributed by atoms with Crippen molar-refractivity contribution in [1.82, 2.24) is 0 Å². The molecule has 1 atom stereocenters. The van der Waals surface area contributed by atoms with Gasteiger partial charge in [-0.05, 0) is 23.3 Å². The molecule has 4 heteroatoms. The van der Waals surface area contributed by atoms with Crippen molar-refractivity contribution in [1.29, 1.82) is 0 Å². The van der Waals surface area contributed by atoms with E-state index in [2.05, 4.69) is 5.16 Å². The zero-order valence-electron chi connectivity index (χ0n) is 10.5. The third-order valence-electron chi connectivity index (χ3n) is 2.89. The molecule has 0 saturated carbocycles. The van der Waals surface area contributed by atoms with Crippen molar-refractivity contribution in [2.45, 2.75) is 5.92 Å². The molecule has 2 aromatic carbocycles. The lowest BCUT2D eigenvalue weighted by Crippen LogP contribution is -2.09. The predicted octanol–water partition coefficient (Wildman–Crippen LogP) is 3.85. The van der Waals surface area contributed by atoms with E-state index >= 15 is 0 Å². The first-order valence-corrected chi connectivity index (χ1v) is 6.20. The van der Waals surface area contributed by atoms with Gasteiger partial charge in [0.2, 0.25) is 0 Å². The number of ether oxygens (including phenoxy) is 1. The van der Waals surface area contributed by atoms with E-state index in [1.807, 2.05) is 54.6 Å². The van der Waals surface area contributed by atoms with Crippen LogP contribution in [0.4, 0.5) is 0 Å². The van der Waals surface area contributed by atoms with Gasteiger partial charge in [-0.2, -0.15) is 0 Å². The maximum Gasteiger partial charge on any atom is 0.157 e. The summed E-state index contributed by atoms with van der Waals surface area (Å²) in [4.78, 5) is 0. The molecule has 0 aliphatic carbocycles. The maximum absolute atomic E-state index is 8.98. The molecule has 0 aliphatic heterocycles. The fourth-order valence-electron chi connectivity index (χ4n) is 1.99. The normalized spacial score (nSPS) is 13.1. The van der Waals surface area contributed by atoms with Gasteiger partial charge in [-0.1, -0.05) is 59.2 Å². The summed E-state index contributed by atoms with van der Waals surface area (Å²) in [5.74, 6) is 0.434. The number of nitrogens with zero attached hydrogens (tertiary/aromatic N) is 1. The van der Waals surface area contributed by atoms with Crippen LogP contribution in [0.25, 0.3) is 0 Å². The van der Waals surface area contributed by atoms with Crippen LogP contribution in [0.2, 0.25) is 0 Å². The molecule has 0 fully saturated rings. The highest BCUT2D eigenvalue weighted by atomic mass is 35.5. The molecule has 2 aromatic rings. The summed E-state index contributed by atoms with van der Waals surface area (Å²) in [7, 11) is 1.61. The second kappa shape index (κ2) is 6.25. The van der Waals surface area contributed by atoms with Crippen LogP contribution < -0.4 is 4.74 Å². The van der Waals surface area contributed by atoms with Gasteiger partial charge in [-0.3, -0.25) is 0 Å². The summed E-state index contributed by atoms with van der Waals surface area (Å²) >= 11 is 6.06. The van der Waals surface area contributed by atoms with E-state index < -0.39 is 0 Å². The molecule has 0 unspecified atom stereocenters. The summed E-state index contributed by atoms with van der Waals surface area (Å²) < 4.78 is 5.21. The van der Waals surface area contributed by atoms with E-state index in [-0.39, 0.29) is 11.1 Å². The minimum atomic E-state index is -0.303. The highest BCUT2D eigenvalue weighted by molar-refractivity contribution is 6.66. The summed E-state index contributed by atoms with van der Waals surface area (Å²) in [5, 5.41) is 12.2. The van der Waals surface area contributed by atoms with Crippen molar-refractivity contribution in [3.63, 3.8) is 0 Å². The molecular formula is C15H14ClNO2. The van der Waals surface area contributed by atoms with Crippen LogP contribution in [0.15, 0.2) is 59.8 Å². The van der Waals surface area contributed by atoms with Crippen molar-refractivity contribution in [2.24, 2.45) is 5.16 Å². The van der Waals surface area contributed by atoms with E-state index in [1.54, 1.807) is 7.11 Å². The lowest BCUT2D eigenvalue weighted by molar-refractivity contribution is 0.319. The van der Waals surface area contributed by atoms with E-state index in [1.165, 1.54) is 0 Å². The van der Waals surface area contributed by atoms with Gasteiger partial charge in [-0.25, -0.2) is 0 Å². The molecule has 0 heterocycles. The topological polar surface area (TPSA) is 41.8 Å². The lowest BCUT2D eigenvalue weighted by atomic mass is 9.92. The molecule has 0 amide bonds. The molecule has 0 aliphatic rings. The minimum Gasteiger partial charge on any atom is -0.497 e. The first-order valence-electron chi connectivity index (χ1n) is 5.82. The molecule has 2 rings (SSSR count). The molecule has 0 bridgehead atoms. The van der Waals surface area contributed by atoms with E-state index in [0.717, 1.165) is 16.9 Å². The largest absolute Gasteiger partial charge is 0.497 e. The molecule has 0 aromatic heterocycles. The van der Waals surface area contributed by atoms with Gasteiger partial charge in [-0.15, -0.1) is 0 Å². The van der Waals surface area contributed by atoms with Gasteiger partial charge in [0.25, 0.3) is 0 Å². The van der Waals surface area contributed by atoms with Crippen LogP contribution in [0, 0.1) is 0 Å². The van der Waals surface area contributed by atoms with Crippen LogP contribution in [0.5, 0.6) is 5.75 Å². The molecule has 98 valence electrons. The number of hydrogen-bond donors (Lipinski definition) is 1. The highest BCUT2D eigenvalue weighted by Crippen LogP contribution is 2.29. The Morgan fingerprint density at radius 1 is 1.11 bits per heavy atom. The van der Waals surface area contributed by atoms with Crippen molar-refractivity contribution in [3.8, 4) is 5.75 Å². The number of benzene rings is 2.